The molecule has 3 nitrogen and oxygen atoms in total. The van der Waals surface area contributed by atoms with Crippen molar-refractivity contribution >= 4 is 13.3 Å². The van der Waals surface area contributed by atoms with E-state index >= 15 is 0 Å². The van der Waals surface area contributed by atoms with Crippen LogP contribution in [-0.4, -0.2) is 17.2 Å². The molecule has 4 heteroatoms. The van der Waals surface area contributed by atoms with Crippen molar-refractivity contribution in [3.05, 3.63) is 52.7 Å². The predicted octanol–water partition coefficient (Wildman–Crippen LogP) is 2.26. The van der Waals surface area contributed by atoms with Crippen molar-refractivity contribution in [1.29, 1.82) is 0 Å². The first-order valence-electron chi connectivity index (χ1n) is 6.77. The average Bonchev–Trinajstić information content (AvgIpc) is 2.70. The molecule has 102 valence electrons. The van der Waals surface area contributed by atoms with Gasteiger partial charge in [-0.05, 0) is 12.5 Å². The van der Waals surface area contributed by atoms with Crippen molar-refractivity contribution in [2.24, 2.45) is 0 Å². The lowest BCUT2D eigenvalue weighted by atomic mass is 10.2. The van der Waals surface area contributed by atoms with Gasteiger partial charge in [-0.1, -0.05) is 49.1 Å². The monoisotopic (exact) mass is 274 g/mol. The Balaban J connectivity index is 2.20. The molecule has 0 saturated carbocycles. The van der Waals surface area contributed by atoms with Crippen molar-refractivity contribution in [3.8, 4) is 0 Å². The zero-order chi connectivity index (χ0) is 14.0. The average molecular weight is 274 g/mol. The first-order valence-corrected chi connectivity index (χ1v) is 10.3. The van der Waals surface area contributed by atoms with Crippen molar-refractivity contribution < 1.29 is 0 Å². The third-order valence-electron chi connectivity index (χ3n) is 3.43. The molecule has 1 heterocycles. The SMILES string of the molecule is CCn1ccn(Cc2ccc([Si](C)(C)C)cc2)c1=O. The lowest BCUT2D eigenvalue weighted by Gasteiger charge is -2.16. The zero-order valence-electron chi connectivity index (χ0n) is 12.2. The Morgan fingerprint density at radius 2 is 1.58 bits per heavy atom. The minimum Gasteiger partial charge on any atom is -0.300 e. The van der Waals surface area contributed by atoms with Gasteiger partial charge >= 0.3 is 5.69 Å². The summed E-state index contributed by atoms with van der Waals surface area (Å²) in [5.74, 6) is 0. The van der Waals surface area contributed by atoms with E-state index < -0.39 is 8.07 Å². The molecule has 0 N–H and O–H groups in total. The van der Waals surface area contributed by atoms with E-state index in [9.17, 15) is 4.79 Å². The van der Waals surface area contributed by atoms with Crippen LogP contribution in [0.5, 0.6) is 0 Å². The molecule has 0 aliphatic heterocycles. The number of hydrogen-bond acceptors (Lipinski definition) is 1. The molecule has 0 spiro atoms. The first kappa shape index (κ1) is 13.9. The number of aryl methyl sites for hydroxylation is 1. The summed E-state index contributed by atoms with van der Waals surface area (Å²) in [6.07, 6.45) is 3.71. The lowest BCUT2D eigenvalue weighted by Crippen LogP contribution is -2.37. The Morgan fingerprint density at radius 3 is 2.05 bits per heavy atom. The number of nitrogens with zero attached hydrogens (tertiary/aromatic N) is 2. The van der Waals surface area contributed by atoms with Gasteiger partial charge in [-0.2, -0.15) is 0 Å². The zero-order valence-corrected chi connectivity index (χ0v) is 13.2. The standard InChI is InChI=1S/C15H22N2OSi/c1-5-16-10-11-17(15(16)18)12-13-6-8-14(9-7-13)19(2,3)4/h6-11H,5,12H2,1-4H3. The molecule has 1 aromatic carbocycles. The molecule has 0 radical (unpaired) electrons. The number of imidazole rings is 1. The normalized spacial score (nSPS) is 11.8. The van der Waals surface area contributed by atoms with E-state index in [0.29, 0.717) is 6.54 Å². The van der Waals surface area contributed by atoms with Crippen molar-refractivity contribution in [1.82, 2.24) is 9.13 Å². The molecule has 2 aromatic rings. The second-order valence-electron chi connectivity index (χ2n) is 5.94. The van der Waals surface area contributed by atoms with Gasteiger partial charge in [0, 0.05) is 18.9 Å². The minimum absolute atomic E-state index is 0.0665. The lowest BCUT2D eigenvalue weighted by molar-refractivity contribution is 0.668. The molecular formula is C15H22N2OSi. The van der Waals surface area contributed by atoms with Crippen LogP contribution in [-0.2, 0) is 13.1 Å². The summed E-state index contributed by atoms with van der Waals surface area (Å²) in [6, 6.07) is 8.71. The van der Waals surface area contributed by atoms with Crippen molar-refractivity contribution in [3.63, 3.8) is 0 Å². The highest BCUT2D eigenvalue weighted by Gasteiger charge is 2.15. The van der Waals surface area contributed by atoms with Crippen molar-refractivity contribution in [2.45, 2.75) is 39.7 Å². The first-order chi connectivity index (χ1) is 8.91. The molecule has 19 heavy (non-hydrogen) atoms. The third kappa shape index (κ3) is 3.07. The van der Waals surface area contributed by atoms with E-state index in [4.69, 9.17) is 0 Å². The van der Waals surface area contributed by atoms with Gasteiger partial charge in [-0.3, -0.25) is 9.13 Å². The summed E-state index contributed by atoms with van der Waals surface area (Å²) >= 11 is 0. The molecule has 0 saturated heterocycles. The fourth-order valence-electron chi connectivity index (χ4n) is 2.12. The van der Waals surface area contributed by atoms with E-state index in [0.717, 1.165) is 6.54 Å². The Hall–Kier alpha value is -1.55. The summed E-state index contributed by atoms with van der Waals surface area (Å²) in [5, 5.41) is 1.45. The number of rotatable bonds is 4. The summed E-state index contributed by atoms with van der Waals surface area (Å²) in [5.41, 5.74) is 1.25. The van der Waals surface area contributed by atoms with Crippen LogP contribution in [0.4, 0.5) is 0 Å². The summed E-state index contributed by atoms with van der Waals surface area (Å²) < 4.78 is 3.48. The topological polar surface area (TPSA) is 26.9 Å². The fraction of sp³-hybridized carbons (Fsp3) is 0.400. The molecule has 0 bridgehead atoms. The van der Waals surface area contributed by atoms with Gasteiger partial charge in [0.15, 0.2) is 0 Å². The van der Waals surface area contributed by atoms with Crippen LogP contribution >= 0.6 is 0 Å². The second kappa shape index (κ2) is 5.21. The van der Waals surface area contributed by atoms with Crippen LogP contribution in [0.25, 0.3) is 0 Å². The summed E-state index contributed by atoms with van der Waals surface area (Å²) in [4.78, 5) is 12.0. The third-order valence-corrected chi connectivity index (χ3v) is 5.50. The molecule has 0 amide bonds. The molecule has 0 fully saturated rings. The fourth-order valence-corrected chi connectivity index (χ4v) is 3.29. The van der Waals surface area contributed by atoms with Gasteiger partial charge in [0.2, 0.25) is 0 Å². The van der Waals surface area contributed by atoms with Crippen LogP contribution in [0.3, 0.4) is 0 Å². The maximum Gasteiger partial charge on any atom is 0.328 e. The minimum atomic E-state index is -1.23. The van der Waals surface area contributed by atoms with Gasteiger partial charge in [0.1, 0.15) is 0 Å². The van der Waals surface area contributed by atoms with E-state index in [1.807, 2.05) is 19.3 Å². The Bertz CT molecular complexity index is 602. The Morgan fingerprint density at radius 1 is 1.00 bits per heavy atom. The molecular weight excluding hydrogens is 252 g/mol. The van der Waals surface area contributed by atoms with Crippen LogP contribution in [0, 0.1) is 0 Å². The highest BCUT2D eigenvalue weighted by atomic mass is 28.3. The van der Waals surface area contributed by atoms with E-state index in [1.165, 1.54) is 10.8 Å². The molecule has 0 aliphatic carbocycles. The highest BCUT2D eigenvalue weighted by Crippen LogP contribution is 2.05. The molecule has 0 atom stereocenters. The quantitative estimate of drug-likeness (QED) is 0.786. The van der Waals surface area contributed by atoms with Crippen LogP contribution in [0.15, 0.2) is 41.5 Å². The summed E-state index contributed by atoms with van der Waals surface area (Å²) in [7, 11) is -1.23. The second-order valence-corrected chi connectivity index (χ2v) is 11.0. The van der Waals surface area contributed by atoms with Gasteiger partial charge in [0.05, 0.1) is 14.6 Å². The Kier molecular flexibility index (Phi) is 3.80. The largest absolute Gasteiger partial charge is 0.328 e. The van der Waals surface area contributed by atoms with Crippen LogP contribution in [0.1, 0.15) is 12.5 Å². The predicted molar refractivity (Wildman–Crippen MR) is 82.9 cm³/mol. The van der Waals surface area contributed by atoms with Gasteiger partial charge in [-0.25, -0.2) is 4.79 Å². The molecule has 0 aliphatic rings. The Labute approximate surface area is 115 Å². The molecule has 0 unspecified atom stereocenters. The molecule has 2 rings (SSSR count). The van der Waals surface area contributed by atoms with E-state index in [2.05, 4.69) is 43.9 Å². The van der Waals surface area contributed by atoms with Crippen LogP contribution in [0.2, 0.25) is 19.6 Å². The number of hydrogen-bond donors (Lipinski definition) is 0. The highest BCUT2D eigenvalue weighted by molar-refractivity contribution is 6.88. The van der Waals surface area contributed by atoms with Gasteiger partial charge in [0.25, 0.3) is 0 Å². The van der Waals surface area contributed by atoms with E-state index in [-0.39, 0.29) is 5.69 Å². The number of aromatic nitrogens is 2. The van der Waals surface area contributed by atoms with Crippen molar-refractivity contribution in [2.75, 3.05) is 0 Å². The van der Waals surface area contributed by atoms with Crippen LogP contribution < -0.4 is 10.9 Å². The molecule has 1 aromatic heterocycles. The van der Waals surface area contributed by atoms with Gasteiger partial charge in [-0.15, -0.1) is 0 Å². The smallest absolute Gasteiger partial charge is 0.300 e. The maximum absolute atomic E-state index is 12.0. The number of benzene rings is 1. The van der Waals surface area contributed by atoms with E-state index in [1.54, 1.807) is 9.13 Å². The maximum atomic E-state index is 12.0. The van der Waals surface area contributed by atoms with Gasteiger partial charge < -0.3 is 0 Å². The summed E-state index contributed by atoms with van der Waals surface area (Å²) in [6.45, 7) is 10.4.